The van der Waals surface area contributed by atoms with Gasteiger partial charge in [-0.1, -0.05) is 17.2 Å². The van der Waals surface area contributed by atoms with Gasteiger partial charge in [0.2, 0.25) is 0 Å². The maximum Gasteiger partial charge on any atom is 0.411 e. The highest BCUT2D eigenvalue weighted by Crippen LogP contribution is 2.12. The predicted octanol–water partition coefficient (Wildman–Crippen LogP) is 2.38. The monoisotopic (exact) mass is 303 g/mol. The molecule has 0 radical (unpaired) electrons. The zero-order valence-corrected chi connectivity index (χ0v) is 11.9. The molecule has 0 saturated heterocycles. The van der Waals surface area contributed by atoms with E-state index in [0.29, 0.717) is 17.2 Å². The summed E-state index contributed by atoms with van der Waals surface area (Å²) >= 11 is 4.36. The van der Waals surface area contributed by atoms with Crippen LogP contribution in [-0.2, 0) is 15.9 Å². The fourth-order valence-electron chi connectivity index (χ4n) is 1.24. The van der Waals surface area contributed by atoms with Crippen LogP contribution in [0.25, 0.3) is 0 Å². The molecule has 0 aromatic heterocycles. The number of halogens is 1. The van der Waals surface area contributed by atoms with Crippen molar-refractivity contribution >= 4 is 39.8 Å². The number of anilines is 1. The standard InChI is InChI=1S/C12H14ClNO4S/c1-2-19(17)7-6-18-12(16)14-10-5-3-4-9(8-10)11(13)15/h3-5,8H,2,6-7H2,1H3,(H,14,16). The van der Waals surface area contributed by atoms with E-state index in [1.807, 2.05) is 0 Å². The molecule has 0 aliphatic heterocycles. The zero-order chi connectivity index (χ0) is 14.3. The first-order valence-corrected chi connectivity index (χ1v) is 7.48. The average Bonchev–Trinajstić information content (AvgIpc) is 2.38. The molecule has 0 fully saturated rings. The summed E-state index contributed by atoms with van der Waals surface area (Å²) in [5.74, 6) is 0.842. The van der Waals surface area contributed by atoms with E-state index in [1.54, 1.807) is 19.1 Å². The van der Waals surface area contributed by atoms with E-state index in [9.17, 15) is 14.1 Å². The van der Waals surface area contributed by atoms with Crippen molar-refractivity contribution in [3.05, 3.63) is 29.8 Å². The van der Waals surface area contributed by atoms with E-state index in [1.165, 1.54) is 12.1 Å². The van der Waals surface area contributed by atoms with E-state index in [-0.39, 0.29) is 12.2 Å². The van der Waals surface area contributed by atoms with Crippen LogP contribution in [0, 0.1) is 0 Å². The second-order valence-corrected chi connectivity index (χ2v) is 5.76. The molecule has 1 rings (SSSR count). The van der Waals surface area contributed by atoms with Crippen LogP contribution in [0.3, 0.4) is 0 Å². The Balaban J connectivity index is 2.44. The predicted molar refractivity (Wildman–Crippen MR) is 75.1 cm³/mol. The zero-order valence-electron chi connectivity index (χ0n) is 10.3. The molecule has 0 aliphatic carbocycles. The van der Waals surface area contributed by atoms with Crippen LogP contribution in [0.15, 0.2) is 24.3 Å². The van der Waals surface area contributed by atoms with Gasteiger partial charge in [0.25, 0.3) is 5.24 Å². The molecule has 19 heavy (non-hydrogen) atoms. The third-order valence-corrected chi connectivity index (χ3v) is 3.69. The Morgan fingerprint density at radius 2 is 2.21 bits per heavy atom. The summed E-state index contributed by atoms with van der Waals surface area (Å²) in [7, 11) is 0. The molecule has 0 bridgehead atoms. The van der Waals surface area contributed by atoms with Gasteiger partial charge in [-0.2, -0.15) is 0 Å². The summed E-state index contributed by atoms with van der Waals surface area (Å²) in [6, 6.07) is 6.18. The van der Waals surface area contributed by atoms with Crippen molar-refractivity contribution in [2.75, 3.05) is 23.4 Å². The molecule has 0 aliphatic rings. The molecule has 0 heterocycles. The van der Waals surface area contributed by atoms with Crippen LogP contribution in [0.2, 0.25) is 0 Å². The number of hydrogen-bond donors (Lipinski definition) is 1. The second kappa shape index (κ2) is 8.04. The summed E-state index contributed by atoms with van der Waals surface area (Å²) < 4.78 is 16.0. The number of rotatable bonds is 6. The van der Waals surface area contributed by atoms with Gasteiger partial charge in [0.05, 0.1) is 0 Å². The van der Waals surface area contributed by atoms with Crippen LogP contribution >= 0.6 is 11.6 Å². The summed E-state index contributed by atoms with van der Waals surface area (Å²) in [6.07, 6.45) is -0.660. The third-order valence-electron chi connectivity index (χ3n) is 2.20. The average molecular weight is 304 g/mol. The normalized spacial score (nSPS) is 11.7. The number of carbonyl (C=O) groups excluding carboxylic acids is 2. The Hall–Kier alpha value is -1.24. The highest BCUT2D eigenvalue weighted by Gasteiger charge is 2.08. The van der Waals surface area contributed by atoms with Gasteiger partial charge in [-0.15, -0.1) is 0 Å². The minimum atomic E-state index is -0.967. The van der Waals surface area contributed by atoms with Gasteiger partial charge in [-0.25, -0.2) is 4.79 Å². The summed E-state index contributed by atoms with van der Waals surface area (Å²) in [4.78, 5) is 22.4. The van der Waals surface area contributed by atoms with Crippen LogP contribution in [0.5, 0.6) is 0 Å². The van der Waals surface area contributed by atoms with Crippen molar-refractivity contribution in [1.82, 2.24) is 0 Å². The van der Waals surface area contributed by atoms with Gasteiger partial charge in [0.15, 0.2) is 0 Å². The van der Waals surface area contributed by atoms with Crippen LogP contribution in [0.4, 0.5) is 10.5 Å². The number of ether oxygens (including phenoxy) is 1. The SMILES string of the molecule is CC[S+]([O-])CCOC(=O)Nc1cccc(C(=O)Cl)c1. The minimum Gasteiger partial charge on any atom is -0.616 e. The number of benzene rings is 1. The smallest absolute Gasteiger partial charge is 0.411 e. The first kappa shape index (κ1) is 15.8. The minimum absolute atomic E-state index is 0.0837. The molecule has 5 nitrogen and oxygen atoms in total. The fraction of sp³-hybridized carbons (Fsp3) is 0.333. The Morgan fingerprint density at radius 1 is 1.47 bits per heavy atom. The molecule has 1 unspecified atom stereocenters. The van der Waals surface area contributed by atoms with Crippen LogP contribution in [0.1, 0.15) is 17.3 Å². The quantitative estimate of drug-likeness (QED) is 0.646. The first-order valence-electron chi connectivity index (χ1n) is 5.61. The Labute approximate surface area is 119 Å². The number of nitrogens with one attached hydrogen (secondary N) is 1. The van der Waals surface area contributed by atoms with Crippen molar-refractivity contribution in [3.63, 3.8) is 0 Å². The fourth-order valence-corrected chi connectivity index (χ4v) is 1.92. The van der Waals surface area contributed by atoms with Crippen molar-refractivity contribution < 1.29 is 18.9 Å². The number of amides is 1. The van der Waals surface area contributed by atoms with E-state index in [4.69, 9.17) is 16.3 Å². The highest BCUT2D eigenvalue weighted by molar-refractivity contribution is 7.91. The Bertz CT molecular complexity index is 455. The molecule has 1 aromatic rings. The van der Waals surface area contributed by atoms with E-state index >= 15 is 0 Å². The van der Waals surface area contributed by atoms with Gasteiger partial charge in [-0.3, -0.25) is 10.1 Å². The second-order valence-electron chi connectivity index (χ2n) is 3.55. The first-order chi connectivity index (χ1) is 9.02. The maximum absolute atomic E-state index is 11.4. The Morgan fingerprint density at radius 3 is 2.84 bits per heavy atom. The van der Waals surface area contributed by atoms with Gasteiger partial charge >= 0.3 is 6.09 Å². The number of carbonyl (C=O) groups is 2. The Kier molecular flexibility index (Phi) is 6.69. The lowest BCUT2D eigenvalue weighted by Gasteiger charge is -2.10. The molecule has 1 aromatic carbocycles. The summed E-state index contributed by atoms with van der Waals surface area (Å²) in [5, 5.41) is 1.86. The molecule has 0 saturated carbocycles. The molecule has 7 heteroatoms. The molecule has 104 valence electrons. The molecule has 1 amide bonds. The molecular formula is C12H14ClNO4S. The molecular weight excluding hydrogens is 290 g/mol. The summed E-state index contributed by atoms with van der Waals surface area (Å²) in [5.41, 5.74) is 0.694. The lowest BCUT2D eigenvalue weighted by atomic mass is 10.2. The largest absolute Gasteiger partial charge is 0.616 e. The lowest BCUT2D eigenvalue weighted by Crippen LogP contribution is -2.20. The van der Waals surface area contributed by atoms with Crippen LogP contribution in [-0.4, -0.2) is 34.0 Å². The van der Waals surface area contributed by atoms with Gasteiger partial charge < -0.3 is 9.29 Å². The molecule has 0 spiro atoms. The van der Waals surface area contributed by atoms with Crippen molar-refractivity contribution in [2.24, 2.45) is 0 Å². The number of hydrogen-bond acceptors (Lipinski definition) is 4. The van der Waals surface area contributed by atoms with Crippen molar-refractivity contribution in [2.45, 2.75) is 6.92 Å². The van der Waals surface area contributed by atoms with E-state index in [0.717, 1.165) is 0 Å². The van der Waals surface area contributed by atoms with Gasteiger partial charge in [0, 0.05) is 11.3 Å². The van der Waals surface area contributed by atoms with Gasteiger partial charge in [0.1, 0.15) is 18.1 Å². The third kappa shape index (κ3) is 5.96. The lowest BCUT2D eigenvalue weighted by molar-refractivity contribution is 0.108. The summed E-state index contributed by atoms with van der Waals surface area (Å²) in [6.45, 7) is 1.88. The topological polar surface area (TPSA) is 78.5 Å². The maximum atomic E-state index is 11.4. The highest BCUT2D eigenvalue weighted by atomic mass is 35.5. The van der Waals surface area contributed by atoms with Gasteiger partial charge in [-0.05, 0) is 36.7 Å². The van der Waals surface area contributed by atoms with Crippen molar-refractivity contribution in [3.8, 4) is 0 Å². The van der Waals surface area contributed by atoms with Crippen molar-refractivity contribution in [1.29, 1.82) is 0 Å². The molecule has 1 atom stereocenters. The molecule has 1 N–H and O–H groups in total. The van der Waals surface area contributed by atoms with E-state index < -0.39 is 22.5 Å². The van der Waals surface area contributed by atoms with Crippen LogP contribution < -0.4 is 5.32 Å². The van der Waals surface area contributed by atoms with E-state index in [2.05, 4.69) is 5.32 Å².